The molecule has 2 aromatic carbocycles. The van der Waals surface area contributed by atoms with Crippen LogP contribution < -0.4 is 10.6 Å². The number of nitrogens with zero attached hydrogens (tertiary/aromatic N) is 2. The van der Waals surface area contributed by atoms with E-state index < -0.39 is 27.9 Å². The lowest BCUT2D eigenvalue weighted by molar-refractivity contribution is -0.138. The molecule has 6 nitrogen and oxygen atoms in total. The van der Waals surface area contributed by atoms with Gasteiger partial charge in [-0.15, -0.1) is 4.91 Å². The van der Waals surface area contributed by atoms with Crippen LogP contribution in [0.3, 0.4) is 0 Å². The highest BCUT2D eigenvalue weighted by Crippen LogP contribution is 2.57. The number of piperazine rings is 1. The number of benzene rings is 2. The first kappa shape index (κ1) is 27.7. The largest absolute Gasteiger partial charge is 0.416 e. The number of carbonyl (C=O) groups excluding carboxylic acids is 1. The molecule has 1 amide bonds. The smallest absolute Gasteiger partial charge is 0.348 e. The topological polar surface area (TPSA) is 73.8 Å². The van der Waals surface area contributed by atoms with E-state index in [-0.39, 0.29) is 29.2 Å². The second kappa shape index (κ2) is 11.5. The fraction of sp³-hybridized carbons (Fsp3) is 0.435. The van der Waals surface area contributed by atoms with Crippen LogP contribution in [0.25, 0.3) is 0 Å². The zero-order chi connectivity index (χ0) is 25.8. The minimum Gasteiger partial charge on any atom is -0.348 e. The first-order valence-corrected chi connectivity index (χ1v) is 13.9. The normalized spacial score (nSPS) is 17.5. The van der Waals surface area contributed by atoms with Crippen LogP contribution in [0.15, 0.2) is 39.8 Å². The Kier molecular flexibility index (Phi) is 9.09. The minimum atomic E-state index is -4.60. The van der Waals surface area contributed by atoms with Crippen molar-refractivity contribution in [3.05, 3.63) is 67.5 Å². The third kappa shape index (κ3) is 6.68. The van der Waals surface area contributed by atoms with Crippen molar-refractivity contribution in [3.8, 4) is 0 Å². The SMILES string of the molecule is CCS(C)(N=O)c1c(Cl)cc(Cl)cc1CNC(=O)c1ccc(CN2CCNCC2)c(C(F)(F)F)c1. The van der Waals surface area contributed by atoms with Crippen LogP contribution in [0.1, 0.15) is 34.0 Å². The average Bonchev–Trinajstić information content (AvgIpc) is 2.82. The van der Waals surface area contributed by atoms with Gasteiger partial charge in [0, 0.05) is 54.8 Å². The highest BCUT2D eigenvalue weighted by molar-refractivity contribution is 8.32. The first-order chi connectivity index (χ1) is 16.5. The number of nitroso groups, excluding NO2 is 1. The van der Waals surface area contributed by atoms with Crippen LogP contribution in [0.2, 0.25) is 10.0 Å². The summed E-state index contributed by atoms with van der Waals surface area (Å²) in [6, 6.07) is 6.71. The predicted molar refractivity (Wildman–Crippen MR) is 135 cm³/mol. The van der Waals surface area contributed by atoms with Gasteiger partial charge in [-0.2, -0.15) is 13.2 Å². The molecule has 3 rings (SSSR count). The summed E-state index contributed by atoms with van der Waals surface area (Å²) >= 11 is 12.5. The molecule has 0 spiro atoms. The van der Waals surface area contributed by atoms with Crippen LogP contribution >= 0.6 is 33.4 Å². The summed E-state index contributed by atoms with van der Waals surface area (Å²) in [5.74, 6) is -0.249. The molecule has 1 heterocycles. The summed E-state index contributed by atoms with van der Waals surface area (Å²) in [5, 5.41) is 6.38. The molecule has 1 saturated heterocycles. The third-order valence-electron chi connectivity index (χ3n) is 5.97. The first-order valence-electron chi connectivity index (χ1n) is 11.0. The molecule has 0 radical (unpaired) electrons. The lowest BCUT2D eigenvalue weighted by atomic mass is 10.0. The quantitative estimate of drug-likeness (QED) is 0.405. The van der Waals surface area contributed by atoms with Crippen molar-refractivity contribution in [2.24, 2.45) is 4.58 Å². The van der Waals surface area contributed by atoms with Gasteiger partial charge in [-0.1, -0.05) is 46.4 Å². The Morgan fingerprint density at radius 1 is 1.17 bits per heavy atom. The monoisotopic (exact) mass is 550 g/mol. The van der Waals surface area contributed by atoms with Crippen molar-refractivity contribution < 1.29 is 18.0 Å². The standard InChI is InChI=1S/C23H27Cl2F3N4O2S/c1-3-35(2,31-34)21-17(10-18(24)12-20(21)25)13-30-22(33)15-4-5-16(19(11-15)23(26,27)28)14-32-8-6-29-7-9-32/h4-5,10-12,29H,3,6-9,13-14H2,1-2H3,(H,30,33). The minimum absolute atomic E-state index is 0.0730. The number of hydrogen-bond acceptors (Lipinski definition) is 5. The number of amides is 1. The van der Waals surface area contributed by atoms with Gasteiger partial charge in [-0.05, 0) is 52.0 Å². The molecule has 35 heavy (non-hydrogen) atoms. The van der Waals surface area contributed by atoms with Gasteiger partial charge in [0.15, 0.2) is 0 Å². The Bertz CT molecular complexity index is 1100. The fourth-order valence-electron chi connectivity index (χ4n) is 3.98. The Labute approximate surface area is 214 Å². The van der Waals surface area contributed by atoms with Crippen molar-refractivity contribution in [2.45, 2.75) is 31.1 Å². The van der Waals surface area contributed by atoms with Crippen LogP contribution in [0, 0.1) is 4.91 Å². The molecule has 1 atom stereocenters. The average molecular weight is 551 g/mol. The number of nitrogens with one attached hydrogen (secondary N) is 2. The van der Waals surface area contributed by atoms with E-state index in [1.807, 2.05) is 11.8 Å². The summed E-state index contributed by atoms with van der Waals surface area (Å²) in [6.45, 7) is 4.63. The van der Waals surface area contributed by atoms with Gasteiger partial charge in [-0.3, -0.25) is 9.69 Å². The Morgan fingerprint density at radius 2 is 1.86 bits per heavy atom. The number of alkyl halides is 3. The Balaban J connectivity index is 1.85. The van der Waals surface area contributed by atoms with Crippen molar-refractivity contribution in [3.63, 3.8) is 0 Å². The van der Waals surface area contributed by atoms with Crippen molar-refractivity contribution >= 4 is 39.3 Å². The highest BCUT2D eigenvalue weighted by atomic mass is 35.5. The van der Waals surface area contributed by atoms with Crippen LogP contribution in [-0.2, 0) is 19.3 Å². The predicted octanol–water partition coefficient (Wildman–Crippen LogP) is 5.84. The van der Waals surface area contributed by atoms with E-state index in [1.165, 1.54) is 18.2 Å². The van der Waals surface area contributed by atoms with Crippen LogP contribution in [0.4, 0.5) is 13.2 Å². The molecular formula is C23H27Cl2F3N4O2S. The van der Waals surface area contributed by atoms with Crippen LogP contribution in [0.5, 0.6) is 0 Å². The van der Waals surface area contributed by atoms with E-state index in [4.69, 9.17) is 23.2 Å². The number of carbonyl (C=O) groups is 1. The van der Waals surface area contributed by atoms with E-state index in [1.54, 1.807) is 12.3 Å². The van der Waals surface area contributed by atoms with E-state index in [9.17, 15) is 22.9 Å². The third-order valence-corrected chi connectivity index (χ3v) is 9.42. The molecule has 12 heteroatoms. The van der Waals surface area contributed by atoms with Crippen molar-refractivity contribution in [1.29, 1.82) is 0 Å². The summed E-state index contributed by atoms with van der Waals surface area (Å²) < 4.78 is 44.8. The number of rotatable bonds is 8. The van der Waals surface area contributed by atoms with E-state index in [0.717, 1.165) is 19.2 Å². The second-order valence-corrected chi connectivity index (χ2v) is 12.4. The van der Waals surface area contributed by atoms with E-state index >= 15 is 0 Å². The van der Waals surface area contributed by atoms with Gasteiger partial charge >= 0.3 is 6.18 Å². The molecule has 0 aliphatic carbocycles. The van der Waals surface area contributed by atoms with Gasteiger partial charge in [0.25, 0.3) is 5.91 Å². The molecule has 0 saturated carbocycles. The van der Waals surface area contributed by atoms with Gasteiger partial charge in [0.05, 0.1) is 10.6 Å². The van der Waals surface area contributed by atoms with Crippen LogP contribution in [-0.4, -0.2) is 49.0 Å². The molecule has 1 aliphatic heterocycles. The number of halogens is 5. The van der Waals surface area contributed by atoms with Gasteiger partial charge in [-0.25, -0.2) is 0 Å². The molecule has 0 bridgehead atoms. The lowest BCUT2D eigenvalue weighted by Gasteiger charge is -2.29. The molecule has 2 N–H and O–H groups in total. The zero-order valence-corrected chi connectivity index (χ0v) is 21.7. The molecule has 192 valence electrons. The molecular weight excluding hydrogens is 524 g/mol. The Morgan fingerprint density at radius 3 is 2.46 bits per heavy atom. The number of hydrogen-bond donors (Lipinski definition) is 2. The maximum atomic E-state index is 13.8. The molecule has 1 unspecified atom stereocenters. The van der Waals surface area contributed by atoms with Gasteiger partial charge < -0.3 is 10.6 Å². The summed E-state index contributed by atoms with van der Waals surface area (Å²) in [4.78, 5) is 26.9. The second-order valence-electron chi connectivity index (χ2n) is 8.36. The van der Waals surface area contributed by atoms with Gasteiger partial charge in [0.2, 0.25) is 0 Å². The van der Waals surface area contributed by atoms with Crippen molar-refractivity contribution in [1.82, 2.24) is 15.5 Å². The van der Waals surface area contributed by atoms with E-state index in [0.29, 0.717) is 34.3 Å². The summed E-state index contributed by atoms with van der Waals surface area (Å²) in [6.07, 6.45) is -2.90. The molecule has 0 aromatic heterocycles. The zero-order valence-electron chi connectivity index (χ0n) is 19.3. The fourth-order valence-corrected chi connectivity index (χ4v) is 6.66. The van der Waals surface area contributed by atoms with Crippen molar-refractivity contribution in [2.75, 3.05) is 38.2 Å². The van der Waals surface area contributed by atoms with E-state index in [2.05, 4.69) is 15.2 Å². The Hall–Kier alpha value is -1.85. The summed E-state index contributed by atoms with van der Waals surface area (Å²) in [5.41, 5.74) is -0.320. The maximum Gasteiger partial charge on any atom is 0.416 e. The molecule has 1 aliphatic rings. The lowest BCUT2D eigenvalue weighted by Crippen LogP contribution is -2.43. The van der Waals surface area contributed by atoms with Gasteiger partial charge in [0.1, 0.15) is 0 Å². The highest BCUT2D eigenvalue weighted by Gasteiger charge is 2.34. The molecule has 1 fully saturated rings. The molecule has 2 aromatic rings. The summed E-state index contributed by atoms with van der Waals surface area (Å²) in [7, 11) is -2.16. The maximum absolute atomic E-state index is 13.8.